The van der Waals surface area contributed by atoms with Crippen molar-refractivity contribution >= 4 is 8.07 Å². The van der Waals surface area contributed by atoms with E-state index in [-0.39, 0.29) is 23.2 Å². The van der Waals surface area contributed by atoms with Gasteiger partial charge in [0.25, 0.3) is 0 Å². The Balaban J connectivity index is 1.57. The molecule has 0 aromatic heterocycles. The van der Waals surface area contributed by atoms with E-state index in [1.165, 1.54) is 6.04 Å². The van der Waals surface area contributed by atoms with Gasteiger partial charge in [-0.3, -0.25) is 0 Å². The Labute approximate surface area is 135 Å². The molecule has 2 saturated carbocycles. The second kappa shape index (κ2) is 5.85. The first-order chi connectivity index (χ1) is 10.3. The molecule has 5 atom stereocenters. The van der Waals surface area contributed by atoms with Gasteiger partial charge < -0.3 is 19.3 Å². The molecule has 0 aromatic carbocycles. The number of hydrogen-bond acceptors (Lipinski definition) is 4. The van der Waals surface area contributed by atoms with Crippen LogP contribution in [0.25, 0.3) is 0 Å². The van der Waals surface area contributed by atoms with Gasteiger partial charge in [0.15, 0.2) is 0 Å². The summed E-state index contributed by atoms with van der Waals surface area (Å²) in [5.41, 5.74) is -0.206. The summed E-state index contributed by atoms with van der Waals surface area (Å²) in [6.07, 6.45) is 4.01. The fourth-order valence-corrected chi connectivity index (χ4v) is 5.40. The van der Waals surface area contributed by atoms with Gasteiger partial charge in [0.2, 0.25) is 0 Å². The fourth-order valence-electron chi connectivity index (χ4n) is 4.64. The largest absolute Gasteiger partial charge is 0.393 e. The monoisotopic (exact) mass is 328 g/mol. The Morgan fingerprint density at radius 3 is 2.64 bits per heavy atom. The maximum atomic E-state index is 10.4. The number of fused-ring (bicyclic) bond motifs is 3. The third-order valence-electron chi connectivity index (χ3n) is 6.28. The van der Waals surface area contributed by atoms with Crippen LogP contribution in [0.4, 0.5) is 0 Å². The van der Waals surface area contributed by atoms with E-state index in [9.17, 15) is 5.11 Å². The molecule has 0 radical (unpaired) electrons. The lowest BCUT2D eigenvalue weighted by Gasteiger charge is -2.60. The highest BCUT2D eigenvalue weighted by atomic mass is 28.3. The summed E-state index contributed by atoms with van der Waals surface area (Å²) in [6.45, 7) is 11.1. The van der Waals surface area contributed by atoms with E-state index in [2.05, 4.69) is 26.6 Å². The van der Waals surface area contributed by atoms with Gasteiger partial charge in [0.05, 0.1) is 18.8 Å². The summed E-state index contributed by atoms with van der Waals surface area (Å²) in [5, 5.41) is 10.4. The number of rotatable bonds is 6. The Morgan fingerprint density at radius 2 is 2.00 bits per heavy atom. The summed E-state index contributed by atoms with van der Waals surface area (Å²) >= 11 is 0. The zero-order chi connectivity index (χ0) is 16.0. The van der Waals surface area contributed by atoms with Crippen LogP contribution < -0.4 is 0 Å². The van der Waals surface area contributed by atoms with Crippen molar-refractivity contribution in [2.24, 2.45) is 11.3 Å². The molecule has 3 rings (SSSR count). The van der Waals surface area contributed by atoms with Gasteiger partial charge in [-0.2, -0.15) is 0 Å². The minimum Gasteiger partial charge on any atom is -0.393 e. The van der Waals surface area contributed by atoms with E-state index in [1.807, 2.05) is 0 Å². The average Bonchev–Trinajstić information content (AvgIpc) is 2.68. The summed E-state index contributed by atoms with van der Waals surface area (Å²) in [7, 11) is -1.05. The number of hydrogen-bond donors (Lipinski definition) is 1. The van der Waals surface area contributed by atoms with Crippen molar-refractivity contribution in [3.63, 3.8) is 0 Å². The zero-order valence-electron chi connectivity index (χ0n) is 14.6. The summed E-state index contributed by atoms with van der Waals surface area (Å²) in [6, 6.07) is 1.17. The Hall–Kier alpha value is 0.0569. The van der Waals surface area contributed by atoms with Crippen LogP contribution in [0.15, 0.2) is 0 Å². The molecule has 4 nitrogen and oxygen atoms in total. The maximum Gasteiger partial charge on any atom is 0.147 e. The van der Waals surface area contributed by atoms with Crippen LogP contribution >= 0.6 is 0 Å². The molecule has 0 aromatic rings. The lowest BCUT2D eigenvalue weighted by atomic mass is 9.58. The van der Waals surface area contributed by atoms with Crippen molar-refractivity contribution in [1.29, 1.82) is 0 Å². The Bertz CT molecular complexity index is 410. The van der Waals surface area contributed by atoms with E-state index < -0.39 is 8.07 Å². The first kappa shape index (κ1) is 16.9. The first-order valence-electron chi connectivity index (χ1n) is 8.79. The van der Waals surface area contributed by atoms with Crippen LogP contribution in [0.2, 0.25) is 25.7 Å². The molecular formula is C17H32O4Si. The molecule has 0 unspecified atom stereocenters. The molecule has 3 fully saturated rings. The third kappa shape index (κ3) is 2.79. The van der Waals surface area contributed by atoms with Gasteiger partial charge in [-0.15, -0.1) is 0 Å². The predicted octanol–water partition coefficient (Wildman–Crippen LogP) is 3.02. The van der Waals surface area contributed by atoms with Gasteiger partial charge in [0, 0.05) is 20.6 Å². The second-order valence-corrected chi connectivity index (χ2v) is 14.5. The van der Waals surface area contributed by atoms with Crippen molar-refractivity contribution in [2.45, 2.75) is 76.1 Å². The van der Waals surface area contributed by atoms with Crippen molar-refractivity contribution in [2.75, 3.05) is 20.0 Å². The smallest absolute Gasteiger partial charge is 0.147 e. The van der Waals surface area contributed by atoms with Gasteiger partial charge in [-0.05, 0) is 37.1 Å². The summed E-state index contributed by atoms with van der Waals surface area (Å²) < 4.78 is 17.8. The van der Waals surface area contributed by atoms with Crippen LogP contribution in [-0.2, 0) is 14.2 Å². The predicted molar refractivity (Wildman–Crippen MR) is 88.6 cm³/mol. The van der Waals surface area contributed by atoms with Crippen LogP contribution in [0, 0.1) is 11.3 Å². The molecule has 0 spiro atoms. The fraction of sp³-hybridized carbons (Fsp3) is 1.00. The molecular weight excluding hydrogens is 296 g/mol. The zero-order valence-corrected chi connectivity index (χ0v) is 15.6. The molecule has 5 heteroatoms. The van der Waals surface area contributed by atoms with Crippen LogP contribution in [0.3, 0.4) is 0 Å². The van der Waals surface area contributed by atoms with Crippen molar-refractivity contribution in [3.8, 4) is 0 Å². The number of ether oxygens (including phenoxy) is 3. The molecule has 1 heterocycles. The highest BCUT2D eigenvalue weighted by Crippen LogP contribution is 2.60. The molecule has 22 heavy (non-hydrogen) atoms. The number of aliphatic hydroxyl groups excluding tert-OH is 1. The maximum absolute atomic E-state index is 10.4. The molecule has 3 aliphatic rings. The first-order valence-corrected chi connectivity index (χ1v) is 12.5. The van der Waals surface area contributed by atoms with Gasteiger partial charge >= 0.3 is 0 Å². The minimum atomic E-state index is -1.05. The standard InChI is InChI=1S/C17H32O4Si/c1-16-8-7-15-17(11-20-15,13(16)5-6-14(16)18)21-12-19-9-10-22(2,3)4/h13-15,18H,5-12H2,1-4H3/t13-,14+,15+,16+,17+/m0/s1. The topological polar surface area (TPSA) is 47.9 Å². The lowest BCUT2D eigenvalue weighted by Crippen LogP contribution is -2.69. The molecule has 1 N–H and O–H groups in total. The van der Waals surface area contributed by atoms with E-state index >= 15 is 0 Å². The van der Waals surface area contributed by atoms with Gasteiger partial charge in [-0.25, -0.2) is 0 Å². The van der Waals surface area contributed by atoms with Crippen molar-refractivity contribution < 1.29 is 19.3 Å². The Kier molecular flexibility index (Phi) is 4.49. The number of aliphatic hydroxyl groups is 1. The van der Waals surface area contributed by atoms with Crippen molar-refractivity contribution in [1.82, 2.24) is 0 Å². The Morgan fingerprint density at radius 1 is 1.23 bits per heavy atom. The highest BCUT2D eigenvalue weighted by molar-refractivity contribution is 6.76. The summed E-state index contributed by atoms with van der Waals surface area (Å²) in [5.74, 6) is 0.406. The SMILES string of the molecule is C[C@@]12CC[C@H]3OC[C@@]3(OCOCC[Si](C)(C)C)[C@H]1CC[C@H]2O. The lowest BCUT2D eigenvalue weighted by molar-refractivity contribution is -0.336. The van der Waals surface area contributed by atoms with Crippen LogP contribution in [-0.4, -0.2) is 51.0 Å². The van der Waals surface area contributed by atoms with Crippen LogP contribution in [0.5, 0.6) is 0 Å². The third-order valence-corrected chi connectivity index (χ3v) is 7.99. The molecule has 1 aliphatic heterocycles. The molecule has 2 aliphatic carbocycles. The average molecular weight is 329 g/mol. The van der Waals surface area contributed by atoms with E-state index in [0.717, 1.165) is 32.3 Å². The normalized spacial score (nSPS) is 44.3. The van der Waals surface area contributed by atoms with E-state index in [0.29, 0.717) is 19.3 Å². The quantitative estimate of drug-likeness (QED) is 0.462. The minimum absolute atomic E-state index is 0.00139. The molecule has 128 valence electrons. The highest BCUT2D eigenvalue weighted by Gasteiger charge is 2.66. The molecule has 0 amide bonds. The van der Waals surface area contributed by atoms with Gasteiger partial charge in [0.1, 0.15) is 12.4 Å². The molecule has 0 bridgehead atoms. The van der Waals surface area contributed by atoms with Gasteiger partial charge in [-0.1, -0.05) is 26.6 Å². The van der Waals surface area contributed by atoms with E-state index in [4.69, 9.17) is 14.2 Å². The van der Waals surface area contributed by atoms with Crippen LogP contribution in [0.1, 0.15) is 32.6 Å². The van der Waals surface area contributed by atoms with E-state index in [1.54, 1.807) is 0 Å². The second-order valence-electron chi connectivity index (χ2n) is 8.93. The van der Waals surface area contributed by atoms with Crippen molar-refractivity contribution in [3.05, 3.63) is 0 Å². The summed E-state index contributed by atoms with van der Waals surface area (Å²) in [4.78, 5) is 0. The molecule has 1 saturated heterocycles.